The lowest BCUT2D eigenvalue weighted by atomic mass is 9.21. The lowest BCUT2D eigenvalue weighted by molar-refractivity contribution is -0.364. The fourth-order valence-electron chi connectivity index (χ4n) is 16.5. The van der Waals surface area contributed by atoms with Gasteiger partial charge >= 0.3 is 0 Å². The van der Waals surface area contributed by atoms with Crippen LogP contribution in [0.3, 0.4) is 0 Å². The molecule has 0 aliphatic heterocycles. The zero-order valence-electron chi connectivity index (χ0n) is 13.6. The molecular weight excluding hydrogens is 296 g/mol. The third-order valence-electron chi connectivity index (χ3n) is 14.1. The molecule has 0 radical (unpaired) electrons. The Morgan fingerprint density at radius 2 is 0.792 bits per heavy atom. The van der Waals surface area contributed by atoms with Crippen molar-refractivity contribution in [2.24, 2.45) is 92.7 Å². The fraction of sp³-hybridized carbons (Fsp3) is 0.909. The maximum atomic E-state index is 13.7. The molecule has 0 aromatic carbocycles. The Bertz CT molecular complexity index is 792. The highest BCUT2D eigenvalue weighted by Crippen LogP contribution is 3.19. The second kappa shape index (κ2) is 2.12. The molecule has 0 aromatic rings. The van der Waals surface area contributed by atoms with Crippen molar-refractivity contribution in [1.82, 2.24) is 0 Å². The van der Waals surface area contributed by atoms with E-state index in [0.29, 0.717) is 57.2 Å². The molecule has 16 rings (SSSR count). The van der Waals surface area contributed by atoms with Crippen molar-refractivity contribution in [1.29, 1.82) is 0 Å². The minimum atomic E-state index is 0.389. The molecule has 16 fully saturated rings. The molecule has 0 aromatic heterocycles. The summed E-state index contributed by atoms with van der Waals surface area (Å²) in [6, 6.07) is 0. The molecular formula is C22H20O2. The van der Waals surface area contributed by atoms with E-state index in [9.17, 15) is 9.59 Å². The number of fused-ring (bicyclic) bond motifs is 2. The maximum Gasteiger partial charge on any atom is 0.140 e. The van der Waals surface area contributed by atoms with Crippen LogP contribution in [0.2, 0.25) is 0 Å². The number of hydrogen-bond acceptors (Lipinski definition) is 2. The van der Waals surface area contributed by atoms with Gasteiger partial charge in [0.15, 0.2) is 0 Å². The molecule has 0 amide bonds. The van der Waals surface area contributed by atoms with Crippen LogP contribution in [-0.4, -0.2) is 11.6 Å². The SMILES string of the molecule is O=C1[C@@H]2C3C4[C@H]5C(=O)[C@@H]3C36[C@@H]7CC[C@H]8C9C7[C@@H]7CC[C@H]9C([C@@H]14)(C583)C276. The lowest BCUT2D eigenvalue weighted by Gasteiger charge is -2.81. The van der Waals surface area contributed by atoms with Gasteiger partial charge in [-0.3, -0.25) is 9.59 Å². The van der Waals surface area contributed by atoms with E-state index >= 15 is 0 Å². The molecule has 12 atom stereocenters. The van der Waals surface area contributed by atoms with E-state index in [1.165, 1.54) is 25.7 Å². The Morgan fingerprint density at radius 3 is 1.08 bits per heavy atom. The Labute approximate surface area is 140 Å². The largest absolute Gasteiger partial charge is 0.299 e. The van der Waals surface area contributed by atoms with Crippen LogP contribution >= 0.6 is 0 Å². The van der Waals surface area contributed by atoms with Crippen molar-refractivity contribution in [3.8, 4) is 0 Å². The maximum absolute atomic E-state index is 13.7. The Balaban J connectivity index is 1.52. The average Bonchev–Trinajstić information content (AvgIpc) is 3.28. The van der Waals surface area contributed by atoms with Gasteiger partial charge in [0.2, 0.25) is 0 Å². The summed E-state index contributed by atoms with van der Waals surface area (Å²) in [6.45, 7) is 0. The van der Waals surface area contributed by atoms with E-state index in [1.807, 2.05) is 0 Å². The molecule has 0 saturated heterocycles. The summed E-state index contributed by atoms with van der Waals surface area (Å²) in [5.74, 6) is 9.59. The van der Waals surface area contributed by atoms with Gasteiger partial charge in [-0.25, -0.2) is 0 Å². The highest BCUT2D eigenvalue weighted by molar-refractivity contribution is 6.07. The van der Waals surface area contributed by atoms with E-state index in [0.717, 1.165) is 47.1 Å². The second-order valence-corrected chi connectivity index (χ2v) is 12.1. The average molecular weight is 316 g/mol. The van der Waals surface area contributed by atoms with Crippen molar-refractivity contribution in [3.05, 3.63) is 0 Å². The number of rotatable bonds is 0. The summed E-state index contributed by atoms with van der Waals surface area (Å²) in [7, 11) is 0. The smallest absolute Gasteiger partial charge is 0.140 e. The number of ketones is 2. The number of carbonyl (C=O) groups is 2. The highest BCUT2D eigenvalue weighted by Gasteiger charge is 3.20. The van der Waals surface area contributed by atoms with Gasteiger partial charge in [0.25, 0.3) is 0 Å². The molecule has 16 bridgehead atoms. The number of carbonyl (C=O) groups excluding carboxylic acids is 2. The van der Waals surface area contributed by atoms with Crippen molar-refractivity contribution < 1.29 is 9.59 Å². The van der Waals surface area contributed by atoms with Crippen LogP contribution in [-0.2, 0) is 9.59 Å². The normalized spacial score (nSPS) is 93.2. The van der Waals surface area contributed by atoms with Crippen molar-refractivity contribution in [2.45, 2.75) is 25.7 Å². The molecule has 24 heavy (non-hydrogen) atoms. The van der Waals surface area contributed by atoms with Gasteiger partial charge in [0, 0.05) is 23.7 Å². The third-order valence-corrected chi connectivity index (χ3v) is 14.1. The quantitative estimate of drug-likeness (QED) is 0.686. The summed E-state index contributed by atoms with van der Waals surface area (Å²) < 4.78 is 0. The molecule has 0 N–H and O–H groups in total. The first-order valence-corrected chi connectivity index (χ1v) is 10.8. The minimum absolute atomic E-state index is 0.389. The summed E-state index contributed by atoms with van der Waals surface area (Å²) in [4.78, 5) is 27.4. The van der Waals surface area contributed by atoms with Crippen LogP contribution in [0.25, 0.3) is 0 Å². The predicted molar refractivity (Wildman–Crippen MR) is 80.1 cm³/mol. The highest BCUT2D eigenvalue weighted by atomic mass is 16.1. The summed E-state index contributed by atoms with van der Waals surface area (Å²) >= 11 is 0. The van der Waals surface area contributed by atoms with Crippen molar-refractivity contribution in [2.75, 3.05) is 0 Å². The van der Waals surface area contributed by atoms with E-state index in [2.05, 4.69) is 0 Å². The van der Waals surface area contributed by atoms with E-state index in [1.54, 1.807) is 0 Å². The Kier molecular flexibility index (Phi) is 0.924. The first-order valence-electron chi connectivity index (χ1n) is 10.8. The van der Waals surface area contributed by atoms with E-state index in [-0.39, 0.29) is 0 Å². The molecule has 2 nitrogen and oxygen atoms in total. The molecule has 4 unspecified atom stereocenters. The van der Waals surface area contributed by atoms with E-state index in [4.69, 9.17) is 0 Å². The van der Waals surface area contributed by atoms with Crippen molar-refractivity contribution in [3.63, 3.8) is 0 Å². The van der Waals surface area contributed by atoms with Gasteiger partial charge in [-0.15, -0.1) is 0 Å². The van der Waals surface area contributed by atoms with Crippen LogP contribution in [0.4, 0.5) is 0 Å². The van der Waals surface area contributed by atoms with Crippen LogP contribution in [0, 0.1) is 92.7 Å². The molecule has 16 saturated carbocycles. The minimum Gasteiger partial charge on any atom is -0.299 e. The van der Waals surface area contributed by atoms with Gasteiger partial charge < -0.3 is 0 Å². The van der Waals surface area contributed by atoms with Gasteiger partial charge in [-0.1, -0.05) is 0 Å². The van der Waals surface area contributed by atoms with Crippen LogP contribution in [0.5, 0.6) is 0 Å². The molecule has 2 heteroatoms. The molecule has 16 aliphatic rings. The Hall–Kier alpha value is -0.660. The van der Waals surface area contributed by atoms with E-state index < -0.39 is 0 Å². The van der Waals surface area contributed by atoms with Gasteiger partial charge in [-0.2, -0.15) is 0 Å². The zero-order chi connectivity index (χ0) is 14.9. The summed E-state index contributed by atoms with van der Waals surface area (Å²) in [5.41, 5.74) is 1.60. The molecule has 0 heterocycles. The monoisotopic (exact) mass is 316 g/mol. The standard InChI is InChI=1S/C22H20O2/c23-17-13-11-12-14(17)20-6-2-1-5-9-7-3-4-8(10(6)9)22(20)16(12)18(24)15(11)21(7,22)19(5,13)20/h5-16H,1-4H2/t5-,6+,7+,8-,9?,10?,11?,12?,13-,14+,15+,16-,19?,20?,21?,22?. The fourth-order valence-corrected chi connectivity index (χ4v) is 16.5. The zero-order valence-corrected chi connectivity index (χ0v) is 13.6. The summed E-state index contributed by atoms with van der Waals surface area (Å²) in [5, 5.41) is 0. The molecule has 4 spiro atoms. The van der Waals surface area contributed by atoms with Gasteiger partial charge in [0.05, 0.1) is 0 Å². The lowest BCUT2D eigenvalue weighted by Crippen LogP contribution is -2.79. The van der Waals surface area contributed by atoms with Crippen LogP contribution < -0.4 is 0 Å². The second-order valence-electron chi connectivity index (χ2n) is 12.1. The summed E-state index contributed by atoms with van der Waals surface area (Å²) in [6.07, 6.45) is 5.75. The van der Waals surface area contributed by atoms with Crippen LogP contribution in [0.15, 0.2) is 0 Å². The first-order chi connectivity index (χ1) is 11.8. The Morgan fingerprint density at radius 1 is 0.500 bits per heavy atom. The van der Waals surface area contributed by atoms with Gasteiger partial charge in [0.1, 0.15) is 11.6 Å². The first kappa shape index (κ1) is 10.5. The predicted octanol–water partition coefficient (Wildman–Crippen LogP) is 2.17. The number of Topliss-reactive ketones (excluding diaryl/α,β-unsaturated/α-hetero) is 2. The number of hydrogen-bond donors (Lipinski definition) is 0. The van der Waals surface area contributed by atoms with Gasteiger partial charge in [-0.05, 0) is 94.7 Å². The van der Waals surface area contributed by atoms with Crippen LogP contribution in [0.1, 0.15) is 25.7 Å². The molecule has 16 aliphatic carbocycles. The topological polar surface area (TPSA) is 34.1 Å². The van der Waals surface area contributed by atoms with Crippen molar-refractivity contribution >= 4 is 11.6 Å². The molecule has 120 valence electrons. The third kappa shape index (κ3) is 0.396.